The molecule has 0 saturated carbocycles. The van der Waals surface area contributed by atoms with Crippen LogP contribution in [0.15, 0.2) is 27.6 Å². The van der Waals surface area contributed by atoms with E-state index in [0.717, 1.165) is 17.3 Å². The van der Waals surface area contributed by atoms with E-state index < -0.39 is 5.60 Å². The zero-order valence-corrected chi connectivity index (χ0v) is 13.3. The van der Waals surface area contributed by atoms with E-state index in [1.54, 1.807) is 31.0 Å². The molecule has 1 N–H and O–H groups in total. The summed E-state index contributed by atoms with van der Waals surface area (Å²) in [6.45, 7) is 4.07. The van der Waals surface area contributed by atoms with Crippen molar-refractivity contribution in [2.24, 2.45) is 0 Å². The maximum atomic E-state index is 12.4. The highest BCUT2D eigenvalue weighted by Crippen LogP contribution is 2.26. The van der Waals surface area contributed by atoms with Gasteiger partial charge in [0.15, 0.2) is 0 Å². The van der Waals surface area contributed by atoms with E-state index in [9.17, 15) is 14.7 Å². The summed E-state index contributed by atoms with van der Waals surface area (Å²) in [5.41, 5.74) is -1.13. The molecule has 2 rings (SSSR count). The third-order valence-electron chi connectivity index (χ3n) is 3.64. The Labute approximate surface area is 126 Å². The molecular formula is C14H19BrN2O3. The predicted octanol–water partition coefficient (Wildman–Crippen LogP) is 1.37. The summed E-state index contributed by atoms with van der Waals surface area (Å²) in [5.74, 6) is -0.130. The molecule has 20 heavy (non-hydrogen) atoms. The maximum absolute atomic E-state index is 12.4. The number of hydrogen-bond acceptors (Lipinski definition) is 3. The summed E-state index contributed by atoms with van der Waals surface area (Å²) in [6, 6.07) is 2.89. The van der Waals surface area contributed by atoms with Gasteiger partial charge in [-0.3, -0.25) is 9.59 Å². The largest absolute Gasteiger partial charge is 0.388 e. The lowest BCUT2D eigenvalue weighted by Gasteiger charge is -2.34. The van der Waals surface area contributed by atoms with E-state index in [0.29, 0.717) is 6.54 Å². The minimum Gasteiger partial charge on any atom is -0.388 e. The molecule has 0 radical (unpaired) electrons. The number of aromatic nitrogens is 1. The summed E-state index contributed by atoms with van der Waals surface area (Å²) in [5, 5.41) is 10.1. The second-order valence-corrected chi connectivity index (χ2v) is 6.63. The van der Waals surface area contributed by atoms with Gasteiger partial charge in [-0.05, 0) is 48.7 Å². The van der Waals surface area contributed by atoms with Crippen molar-refractivity contribution < 1.29 is 9.90 Å². The Balaban J connectivity index is 2.16. The van der Waals surface area contributed by atoms with Crippen molar-refractivity contribution in [2.45, 2.75) is 44.9 Å². The van der Waals surface area contributed by atoms with Gasteiger partial charge in [0.2, 0.25) is 5.91 Å². The Morgan fingerprint density at radius 3 is 2.85 bits per heavy atom. The maximum Gasteiger partial charge on any atom is 0.251 e. The van der Waals surface area contributed by atoms with Crippen LogP contribution in [0.4, 0.5) is 0 Å². The first-order valence-corrected chi connectivity index (χ1v) is 7.46. The number of carbonyl (C=O) groups excluding carboxylic acids is 1. The highest BCUT2D eigenvalue weighted by Gasteiger charge is 2.38. The second kappa shape index (κ2) is 5.69. The van der Waals surface area contributed by atoms with Crippen molar-refractivity contribution in [3.05, 3.63) is 33.2 Å². The third-order valence-corrected chi connectivity index (χ3v) is 4.11. The van der Waals surface area contributed by atoms with Gasteiger partial charge in [0.25, 0.3) is 5.56 Å². The molecule has 0 bridgehead atoms. The fourth-order valence-electron chi connectivity index (χ4n) is 2.66. The van der Waals surface area contributed by atoms with Gasteiger partial charge < -0.3 is 14.6 Å². The molecule has 5 nitrogen and oxygen atoms in total. The number of amides is 1. The highest BCUT2D eigenvalue weighted by atomic mass is 79.9. The first-order valence-electron chi connectivity index (χ1n) is 6.67. The highest BCUT2D eigenvalue weighted by molar-refractivity contribution is 9.10. The van der Waals surface area contributed by atoms with Crippen molar-refractivity contribution in [3.63, 3.8) is 0 Å². The Bertz CT molecular complexity index is 562. The minimum atomic E-state index is -0.922. The van der Waals surface area contributed by atoms with Crippen molar-refractivity contribution in [2.75, 3.05) is 6.54 Å². The molecule has 1 unspecified atom stereocenters. The van der Waals surface area contributed by atoms with Crippen LogP contribution in [0.1, 0.15) is 26.7 Å². The first-order chi connectivity index (χ1) is 9.29. The lowest BCUT2D eigenvalue weighted by molar-refractivity contribution is -0.137. The summed E-state index contributed by atoms with van der Waals surface area (Å²) >= 11 is 3.29. The first kappa shape index (κ1) is 15.3. The molecule has 6 heteroatoms. The van der Waals surface area contributed by atoms with Gasteiger partial charge in [-0.2, -0.15) is 0 Å². The Hall–Kier alpha value is -1.14. The van der Waals surface area contributed by atoms with Gasteiger partial charge in [-0.25, -0.2) is 0 Å². The van der Waals surface area contributed by atoms with E-state index in [4.69, 9.17) is 0 Å². The average Bonchev–Trinajstić information content (AvgIpc) is 2.82. The monoisotopic (exact) mass is 342 g/mol. The number of carbonyl (C=O) groups is 1. The molecule has 1 aliphatic heterocycles. The van der Waals surface area contributed by atoms with Crippen molar-refractivity contribution in [1.82, 2.24) is 9.47 Å². The number of hydrogen-bond donors (Lipinski definition) is 1. The zero-order valence-electron chi connectivity index (χ0n) is 11.7. The predicted molar refractivity (Wildman–Crippen MR) is 79.4 cm³/mol. The van der Waals surface area contributed by atoms with Crippen LogP contribution in [-0.2, 0) is 11.3 Å². The molecule has 1 amide bonds. The molecule has 1 fully saturated rings. The van der Waals surface area contributed by atoms with Crippen molar-refractivity contribution in [1.29, 1.82) is 0 Å². The number of nitrogens with zero attached hydrogens (tertiary/aromatic N) is 2. The topological polar surface area (TPSA) is 62.5 Å². The Morgan fingerprint density at radius 2 is 2.20 bits per heavy atom. The van der Waals surface area contributed by atoms with E-state index in [2.05, 4.69) is 15.9 Å². The Morgan fingerprint density at radius 1 is 1.50 bits per heavy atom. The summed E-state index contributed by atoms with van der Waals surface area (Å²) in [4.78, 5) is 25.8. The van der Waals surface area contributed by atoms with Crippen LogP contribution < -0.4 is 5.56 Å². The lowest BCUT2D eigenvalue weighted by atomic mass is 9.96. The van der Waals surface area contributed by atoms with Gasteiger partial charge in [-0.1, -0.05) is 0 Å². The molecule has 1 aliphatic rings. The van der Waals surface area contributed by atoms with Crippen LogP contribution in [0.2, 0.25) is 0 Å². The molecule has 1 atom stereocenters. The van der Waals surface area contributed by atoms with Gasteiger partial charge >= 0.3 is 0 Å². The number of likely N-dealkylation sites (tertiary alicyclic amines) is 1. The standard InChI is InChI=1S/C14H19BrN2O3/c1-14(2,20)11-4-3-7-17(11)13(19)9-16-8-10(15)5-6-12(16)18/h5-6,8,11,20H,3-4,7,9H2,1-2H3. The molecule has 2 heterocycles. The van der Waals surface area contributed by atoms with Crippen LogP contribution in [0.25, 0.3) is 0 Å². The second-order valence-electron chi connectivity index (χ2n) is 5.71. The molecule has 1 saturated heterocycles. The summed E-state index contributed by atoms with van der Waals surface area (Å²) in [7, 11) is 0. The fourth-order valence-corrected chi connectivity index (χ4v) is 3.04. The van der Waals surface area contributed by atoms with E-state index in [1.807, 2.05) is 0 Å². The quantitative estimate of drug-likeness (QED) is 0.902. The Kier molecular flexibility index (Phi) is 4.34. The van der Waals surface area contributed by atoms with Crippen LogP contribution in [-0.4, -0.2) is 38.7 Å². The fraction of sp³-hybridized carbons (Fsp3) is 0.571. The number of pyridine rings is 1. The molecule has 0 aromatic carbocycles. The van der Waals surface area contributed by atoms with E-state index >= 15 is 0 Å². The number of halogens is 1. The van der Waals surface area contributed by atoms with E-state index in [-0.39, 0.29) is 24.1 Å². The smallest absolute Gasteiger partial charge is 0.251 e. The van der Waals surface area contributed by atoms with Crippen LogP contribution in [0.3, 0.4) is 0 Å². The average molecular weight is 343 g/mol. The van der Waals surface area contributed by atoms with Gasteiger partial charge in [0.05, 0.1) is 11.6 Å². The van der Waals surface area contributed by atoms with Gasteiger partial charge in [0, 0.05) is 23.3 Å². The lowest BCUT2D eigenvalue weighted by Crippen LogP contribution is -2.49. The summed E-state index contributed by atoms with van der Waals surface area (Å²) in [6.07, 6.45) is 3.28. The molecule has 0 spiro atoms. The van der Waals surface area contributed by atoms with Crippen LogP contribution in [0.5, 0.6) is 0 Å². The van der Waals surface area contributed by atoms with E-state index in [1.165, 1.54) is 10.6 Å². The molecule has 1 aromatic heterocycles. The van der Waals surface area contributed by atoms with Crippen LogP contribution in [0, 0.1) is 0 Å². The van der Waals surface area contributed by atoms with Crippen LogP contribution >= 0.6 is 15.9 Å². The normalized spacial score (nSPS) is 19.4. The molecule has 1 aromatic rings. The number of rotatable bonds is 3. The zero-order chi connectivity index (χ0) is 14.9. The minimum absolute atomic E-state index is 0.00481. The van der Waals surface area contributed by atoms with Crippen molar-refractivity contribution >= 4 is 21.8 Å². The molecule has 110 valence electrons. The van der Waals surface area contributed by atoms with Gasteiger partial charge in [0.1, 0.15) is 6.54 Å². The van der Waals surface area contributed by atoms with Gasteiger partial charge in [-0.15, -0.1) is 0 Å². The third kappa shape index (κ3) is 3.30. The van der Waals surface area contributed by atoms with Crippen molar-refractivity contribution in [3.8, 4) is 0 Å². The molecule has 0 aliphatic carbocycles. The SMILES string of the molecule is CC(C)(O)C1CCCN1C(=O)Cn1cc(Br)ccc1=O. The number of aliphatic hydroxyl groups is 1. The molecular weight excluding hydrogens is 324 g/mol. The summed E-state index contributed by atoms with van der Waals surface area (Å²) < 4.78 is 2.14.